The largest absolute Gasteiger partial charge is 0.479 e. The minimum Gasteiger partial charge on any atom is -0.479 e. The first-order chi connectivity index (χ1) is 11.3. The molecule has 2 saturated heterocycles. The molecule has 0 bridgehead atoms. The number of aromatic nitrogens is 4. The number of hydrogen-bond acceptors (Lipinski definition) is 7. The highest BCUT2D eigenvalue weighted by atomic mass is 35.5. The number of ether oxygens (including phenoxy) is 3. The van der Waals surface area contributed by atoms with Crippen molar-refractivity contribution in [1.82, 2.24) is 19.5 Å². The quantitative estimate of drug-likeness (QED) is 0.623. The van der Waals surface area contributed by atoms with Crippen LogP contribution in [0.4, 0.5) is 0 Å². The first-order valence-electron chi connectivity index (χ1n) is 7.06. The van der Waals surface area contributed by atoms with Crippen molar-refractivity contribution in [2.45, 2.75) is 44.2 Å². The molecular formula is C13H12Cl2N4O5. The van der Waals surface area contributed by atoms with E-state index in [9.17, 15) is 9.90 Å². The second-order valence-corrected chi connectivity index (χ2v) is 6.65. The van der Waals surface area contributed by atoms with E-state index >= 15 is 0 Å². The number of rotatable bonds is 2. The van der Waals surface area contributed by atoms with Crippen molar-refractivity contribution in [1.29, 1.82) is 0 Å². The molecule has 2 aliphatic heterocycles. The molecule has 0 spiro atoms. The zero-order chi connectivity index (χ0) is 17.2. The van der Waals surface area contributed by atoms with E-state index in [1.165, 1.54) is 10.9 Å². The summed E-state index contributed by atoms with van der Waals surface area (Å²) in [5, 5.41) is 9.44. The number of nitrogens with zero attached hydrogens (tertiary/aromatic N) is 4. The van der Waals surface area contributed by atoms with Crippen LogP contribution in [0.1, 0.15) is 20.1 Å². The Balaban J connectivity index is 1.80. The average Bonchev–Trinajstić information content (AvgIpc) is 3.09. The first-order valence-corrected chi connectivity index (χ1v) is 7.82. The summed E-state index contributed by atoms with van der Waals surface area (Å²) in [7, 11) is 0. The Hall–Kier alpha value is -1.52. The zero-order valence-corrected chi connectivity index (χ0v) is 14.0. The van der Waals surface area contributed by atoms with E-state index in [0.717, 1.165) is 0 Å². The molecule has 4 rings (SSSR count). The molecular weight excluding hydrogens is 363 g/mol. The number of halogens is 2. The molecule has 0 saturated carbocycles. The summed E-state index contributed by atoms with van der Waals surface area (Å²) in [6.07, 6.45) is -1.95. The van der Waals surface area contributed by atoms with Crippen LogP contribution in [0.15, 0.2) is 6.33 Å². The Labute approximate surface area is 145 Å². The van der Waals surface area contributed by atoms with Crippen LogP contribution >= 0.6 is 23.2 Å². The predicted molar refractivity (Wildman–Crippen MR) is 80.7 cm³/mol. The van der Waals surface area contributed by atoms with Crippen molar-refractivity contribution in [3.05, 3.63) is 16.8 Å². The van der Waals surface area contributed by atoms with Crippen molar-refractivity contribution in [3.8, 4) is 0 Å². The van der Waals surface area contributed by atoms with Gasteiger partial charge in [0, 0.05) is 0 Å². The summed E-state index contributed by atoms with van der Waals surface area (Å²) in [4.78, 5) is 23.6. The fraction of sp³-hybridized carbons (Fsp3) is 0.538. The van der Waals surface area contributed by atoms with Crippen LogP contribution in [0, 0.1) is 0 Å². The molecule has 9 nitrogen and oxygen atoms in total. The third-order valence-electron chi connectivity index (χ3n) is 3.90. The third-order valence-corrected chi connectivity index (χ3v) is 4.33. The molecule has 0 aromatic carbocycles. The van der Waals surface area contributed by atoms with Gasteiger partial charge in [-0.1, -0.05) is 11.6 Å². The molecule has 0 radical (unpaired) electrons. The maximum absolute atomic E-state index is 11.5. The third kappa shape index (κ3) is 2.35. The lowest BCUT2D eigenvalue weighted by atomic mass is 10.1. The van der Waals surface area contributed by atoms with E-state index in [-0.39, 0.29) is 10.4 Å². The highest BCUT2D eigenvalue weighted by Crippen LogP contribution is 2.44. The van der Waals surface area contributed by atoms with E-state index in [0.29, 0.717) is 11.2 Å². The van der Waals surface area contributed by atoms with Crippen LogP contribution < -0.4 is 0 Å². The van der Waals surface area contributed by atoms with Gasteiger partial charge in [-0.05, 0) is 25.4 Å². The van der Waals surface area contributed by atoms with Gasteiger partial charge in [-0.3, -0.25) is 4.57 Å². The summed E-state index contributed by atoms with van der Waals surface area (Å²) in [5.74, 6) is -2.06. The Bertz CT molecular complexity index is 841. The number of carbonyl (C=O) groups is 1. The minimum absolute atomic E-state index is 0.0532. The lowest BCUT2D eigenvalue weighted by Gasteiger charge is -2.23. The molecule has 2 aromatic rings. The molecule has 4 atom stereocenters. The Morgan fingerprint density at radius 3 is 2.71 bits per heavy atom. The lowest BCUT2D eigenvalue weighted by molar-refractivity contribution is -0.202. The van der Waals surface area contributed by atoms with Gasteiger partial charge < -0.3 is 19.3 Å². The average molecular weight is 375 g/mol. The predicted octanol–water partition coefficient (Wildman–Crippen LogP) is 1.64. The smallest absolute Gasteiger partial charge is 0.335 e. The van der Waals surface area contributed by atoms with Crippen molar-refractivity contribution >= 4 is 40.3 Å². The van der Waals surface area contributed by atoms with Crippen LogP contribution in [-0.4, -0.2) is 54.7 Å². The van der Waals surface area contributed by atoms with Crippen LogP contribution in [0.3, 0.4) is 0 Å². The highest BCUT2D eigenvalue weighted by molar-refractivity contribution is 6.35. The second kappa shape index (κ2) is 5.24. The van der Waals surface area contributed by atoms with Crippen molar-refractivity contribution in [2.75, 3.05) is 0 Å². The molecule has 0 aliphatic carbocycles. The van der Waals surface area contributed by atoms with Crippen LogP contribution in [0.2, 0.25) is 10.4 Å². The molecule has 2 fully saturated rings. The first kappa shape index (κ1) is 16.0. The van der Waals surface area contributed by atoms with Crippen LogP contribution in [-0.2, 0) is 19.0 Å². The van der Waals surface area contributed by atoms with Gasteiger partial charge in [-0.25, -0.2) is 14.8 Å². The molecule has 0 amide bonds. The molecule has 24 heavy (non-hydrogen) atoms. The van der Waals surface area contributed by atoms with Gasteiger partial charge in [0.25, 0.3) is 0 Å². The van der Waals surface area contributed by atoms with Gasteiger partial charge >= 0.3 is 5.97 Å². The van der Waals surface area contributed by atoms with Crippen LogP contribution in [0.5, 0.6) is 0 Å². The Morgan fingerprint density at radius 1 is 1.29 bits per heavy atom. The number of carboxylic acids is 1. The SMILES string of the molecule is CC1(C)O[C@@H]2[C@@H](C(=O)O)OC(n3cnc4c(Cl)nc(Cl)nc43)[C@@H]2O1. The molecule has 4 heterocycles. The number of aliphatic carboxylic acids is 1. The van der Waals surface area contributed by atoms with E-state index in [4.69, 9.17) is 37.4 Å². The topological polar surface area (TPSA) is 109 Å². The van der Waals surface area contributed by atoms with Crippen LogP contribution in [0.25, 0.3) is 11.2 Å². The fourth-order valence-corrected chi connectivity index (χ4v) is 3.46. The number of fused-ring (bicyclic) bond motifs is 2. The summed E-state index contributed by atoms with van der Waals surface area (Å²) < 4.78 is 18.7. The summed E-state index contributed by atoms with van der Waals surface area (Å²) in [6, 6.07) is 0. The fourth-order valence-electron chi connectivity index (χ4n) is 3.04. The maximum Gasteiger partial charge on any atom is 0.335 e. The molecule has 11 heteroatoms. The normalized spacial score (nSPS) is 31.5. The molecule has 1 N–H and O–H groups in total. The molecule has 2 aromatic heterocycles. The molecule has 128 valence electrons. The molecule has 2 aliphatic rings. The number of imidazole rings is 1. The summed E-state index contributed by atoms with van der Waals surface area (Å²) in [6.45, 7) is 3.42. The van der Waals surface area contributed by atoms with Gasteiger partial charge in [-0.15, -0.1) is 0 Å². The highest BCUT2D eigenvalue weighted by Gasteiger charge is 2.58. The monoisotopic (exact) mass is 374 g/mol. The van der Waals surface area contributed by atoms with E-state index in [1.807, 2.05) is 0 Å². The van der Waals surface area contributed by atoms with Crippen molar-refractivity contribution in [2.24, 2.45) is 0 Å². The van der Waals surface area contributed by atoms with Crippen molar-refractivity contribution < 1.29 is 24.1 Å². The molecule has 1 unspecified atom stereocenters. The summed E-state index contributed by atoms with van der Waals surface area (Å²) in [5.41, 5.74) is 0.654. The minimum atomic E-state index is -1.17. The van der Waals surface area contributed by atoms with E-state index in [1.54, 1.807) is 13.8 Å². The Morgan fingerprint density at radius 2 is 2.00 bits per heavy atom. The standard InChI is InChI=1S/C13H12Cl2N4O5/c1-13(2)23-5-6(24-13)10(22-7(5)11(20)21)19-3-16-4-8(14)17-12(15)18-9(4)19/h3,5-7,10H,1-2H3,(H,20,21)/t5-,6+,7-,10?/m0/s1. The van der Waals surface area contributed by atoms with E-state index < -0.39 is 36.3 Å². The maximum atomic E-state index is 11.5. The van der Waals surface area contributed by atoms with Gasteiger partial charge in [0.05, 0.1) is 6.33 Å². The number of carboxylic acid groups (broad SMARTS) is 1. The lowest BCUT2D eigenvalue weighted by Crippen LogP contribution is -2.35. The second-order valence-electron chi connectivity index (χ2n) is 5.96. The zero-order valence-electron chi connectivity index (χ0n) is 12.5. The Kier molecular flexibility index (Phi) is 3.49. The number of hydrogen-bond donors (Lipinski definition) is 1. The summed E-state index contributed by atoms with van der Waals surface area (Å²) >= 11 is 11.9. The van der Waals surface area contributed by atoms with E-state index in [2.05, 4.69) is 15.0 Å². The van der Waals surface area contributed by atoms with Gasteiger partial charge in [-0.2, -0.15) is 4.98 Å². The van der Waals surface area contributed by atoms with Gasteiger partial charge in [0.2, 0.25) is 5.28 Å². The van der Waals surface area contributed by atoms with Gasteiger partial charge in [0.15, 0.2) is 28.9 Å². The van der Waals surface area contributed by atoms with Gasteiger partial charge in [0.1, 0.15) is 17.7 Å². The van der Waals surface area contributed by atoms with Crippen molar-refractivity contribution in [3.63, 3.8) is 0 Å².